The summed E-state index contributed by atoms with van der Waals surface area (Å²) in [5, 5.41) is 8.01. The molecule has 0 fully saturated rings. The monoisotopic (exact) mass is 337 g/mol. The fraction of sp³-hybridized carbons (Fsp3) is 0.333. The van der Waals surface area contributed by atoms with E-state index < -0.39 is 17.2 Å². The molecule has 0 aliphatic heterocycles. The molecule has 3 heterocycles. The largest absolute Gasteiger partial charge is 0.416 e. The first-order valence-electron chi connectivity index (χ1n) is 7.06. The number of alkyl halides is 3. The molecule has 3 aromatic heterocycles. The Morgan fingerprint density at radius 1 is 1.17 bits per heavy atom. The van der Waals surface area contributed by atoms with Gasteiger partial charge in [0.05, 0.1) is 16.7 Å². The fourth-order valence-electron chi connectivity index (χ4n) is 2.17. The van der Waals surface area contributed by atoms with E-state index in [0.29, 0.717) is 5.69 Å². The summed E-state index contributed by atoms with van der Waals surface area (Å²) in [4.78, 5) is 8.30. The van der Waals surface area contributed by atoms with Gasteiger partial charge in [-0.3, -0.25) is 9.67 Å². The Hall–Kier alpha value is -2.71. The van der Waals surface area contributed by atoms with E-state index in [2.05, 4.69) is 20.2 Å². The molecule has 9 heteroatoms. The summed E-state index contributed by atoms with van der Waals surface area (Å²) in [6.07, 6.45) is -1.59. The van der Waals surface area contributed by atoms with Gasteiger partial charge in [-0.25, -0.2) is 0 Å². The van der Waals surface area contributed by atoms with Gasteiger partial charge >= 0.3 is 6.18 Å². The molecule has 24 heavy (non-hydrogen) atoms. The predicted octanol–water partition coefficient (Wildman–Crippen LogP) is 3.21. The molecule has 6 nitrogen and oxygen atoms in total. The van der Waals surface area contributed by atoms with Crippen molar-refractivity contribution in [3.8, 4) is 11.5 Å². The van der Waals surface area contributed by atoms with Gasteiger partial charge in [0, 0.05) is 19.4 Å². The Morgan fingerprint density at radius 3 is 2.54 bits per heavy atom. The Morgan fingerprint density at radius 2 is 1.92 bits per heavy atom. The average molecular weight is 337 g/mol. The smallest absolute Gasteiger partial charge is 0.338 e. The van der Waals surface area contributed by atoms with Crippen LogP contribution in [-0.2, 0) is 18.6 Å². The maximum absolute atomic E-state index is 12.9. The third-order valence-electron chi connectivity index (χ3n) is 3.63. The van der Waals surface area contributed by atoms with Gasteiger partial charge in [-0.05, 0) is 32.0 Å². The van der Waals surface area contributed by atoms with E-state index in [1.807, 2.05) is 0 Å². The lowest BCUT2D eigenvalue weighted by Gasteiger charge is -2.20. The highest BCUT2D eigenvalue weighted by Gasteiger charge is 2.36. The molecule has 0 N–H and O–H groups in total. The molecule has 3 aromatic rings. The summed E-state index contributed by atoms with van der Waals surface area (Å²) in [6, 6.07) is 3.63. The van der Waals surface area contributed by atoms with Crippen LogP contribution in [0.3, 0.4) is 0 Å². The van der Waals surface area contributed by atoms with E-state index in [-0.39, 0.29) is 17.4 Å². The number of halogens is 3. The summed E-state index contributed by atoms with van der Waals surface area (Å²) in [6.45, 7) is 3.34. The molecule has 0 radical (unpaired) electrons. The predicted molar refractivity (Wildman–Crippen MR) is 77.9 cm³/mol. The van der Waals surface area contributed by atoms with Gasteiger partial charge in [-0.15, -0.1) is 0 Å². The van der Waals surface area contributed by atoms with Crippen molar-refractivity contribution in [3.63, 3.8) is 0 Å². The fourth-order valence-corrected chi connectivity index (χ4v) is 2.17. The molecule has 0 aromatic carbocycles. The van der Waals surface area contributed by atoms with Crippen LogP contribution in [0.1, 0.15) is 31.0 Å². The SMILES string of the molecule is Cn1ccc(-c2noc(C(C)(C)c3cc(C(F)(F)F)ccn3)n2)n1. The van der Waals surface area contributed by atoms with E-state index in [4.69, 9.17) is 4.52 Å². The van der Waals surface area contributed by atoms with Crippen molar-refractivity contribution in [2.45, 2.75) is 25.4 Å². The number of hydrogen-bond acceptors (Lipinski definition) is 5. The summed E-state index contributed by atoms with van der Waals surface area (Å²) in [5.41, 5.74) is -1.06. The van der Waals surface area contributed by atoms with Crippen LogP contribution in [0, 0.1) is 0 Å². The molecule has 0 spiro atoms. The van der Waals surface area contributed by atoms with Crippen molar-refractivity contribution in [2.75, 3.05) is 0 Å². The van der Waals surface area contributed by atoms with E-state index in [1.165, 1.54) is 0 Å². The van der Waals surface area contributed by atoms with Gasteiger partial charge < -0.3 is 4.52 Å². The summed E-state index contributed by atoms with van der Waals surface area (Å²) >= 11 is 0. The lowest BCUT2D eigenvalue weighted by atomic mass is 9.88. The average Bonchev–Trinajstić information content (AvgIpc) is 3.15. The Labute approximate surface area is 135 Å². The Bertz CT molecular complexity index is 866. The second-order valence-corrected chi connectivity index (χ2v) is 5.85. The molecular formula is C15H14F3N5O. The van der Waals surface area contributed by atoms with Gasteiger partial charge in [0.2, 0.25) is 11.7 Å². The topological polar surface area (TPSA) is 69.6 Å². The minimum absolute atomic E-state index is 0.162. The Kier molecular flexibility index (Phi) is 3.66. The second kappa shape index (κ2) is 5.43. The zero-order chi connectivity index (χ0) is 17.5. The van der Waals surface area contributed by atoms with Crippen molar-refractivity contribution in [1.82, 2.24) is 24.9 Å². The van der Waals surface area contributed by atoms with E-state index in [9.17, 15) is 13.2 Å². The zero-order valence-corrected chi connectivity index (χ0v) is 13.2. The van der Waals surface area contributed by atoms with Crippen LogP contribution in [0.15, 0.2) is 35.1 Å². The zero-order valence-electron chi connectivity index (χ0n) is 13.2. The lowest BCUT2D eigenvalue weighted by molar-refractivity contribution is -0.137. The van der Waals surface area contributed by atoms with Gasteiger partial charge in [0.25, 0.3) is 0 Å². The first kappa shape index (κ1) is 16.2. The van der Waals surface area contributed by atoms with Crippen LogP contribution in [0.5, 0.6) is 0 Å². The van der Waals surface area contributed by atoms with Crippen LogP contribution in [0.2, 0.25) is 0 Å². The molecule has 126 valence electrons. The van der Waals surface area contributed by atoms with E-state index >= 15 is 0 Å². The molecule has 0 bridgehead atoms. The highest BCUT2D eigenvalue weighted by Crippen LogP contribution is 2.34. The third-order valence-corrected chi connectivity index (χ3v) is 3.63. The lowest BCUT2D eigenvalue weighted by Crippen LogP contribution is -2.22. The summed E-state index contributed by atoms with van der Waals surface area (Å²) < 4.78 is 45.5. The molecular weight excluding hydrogens is 323 g/mol. The minimum atomic E-state index is -4.44. The van der Waals surface area contributed by atoms with Crippen molar-refractivity contribution in [2.24, 2.45) is 7.05 Å². The normalized spacial score (nSPS) is 12.6. The van der Waals surface area contributed by atoms with Crippen molar-refractivity contribution in [1.29, 1.82) is 0 Å². The molecule has 0 saturated carbocycles. The van der Waals surface area contributed by atoms with Crippen LogP contribution >= 0.6 is 0 Å². The maximum Gasteiger partial charge on any atom is 0.416 e. The summed E-state index contributed by atoms with van der Waals surface area (Å²) in [5.74, 6) is 0.431. The molecule has 0 saturated heterocycles. The Balaban J connectivity index is 1.98. The van der Waals surface area contributed by atoms with Crippen LogP contribution in [-0.4, -0.2) is 24.9 Å². The van der Waals surface area contributed by atoms with Crippen LogP contribution < -0.4 is 0 Å². The van der Waals surface area contributed by atoms with Crippen molar-refractivity contribution < 1.29 is 17.7 Å². The number of hydrogen-bond donors (Lipinski definition) is 0. The standard InChI is InChI=1S/C15H14F3N5O/c1-14(2,11-8-9(4-6-19-11)15(16,17)18)13-20-12(22-24-13)10-5-7-23(3)21-10/h4-8H,1-3H3. The van der Waals surface area contributed by atoms with Gasteiger partial charge in [0.15, 0.2) is 0 Å². The number of nitrogens with zero attached hydrogens (tertiary/aromatic N) is 5. The van der Waals surface area contributed by atoms with Crippen LogP contribution in [0.25, 0.3) is 11.5 Å². The first-order valence-corrected chi connectivity index (χ1v) is 7.06. The highest BCUT2D eigenvalue weighted by atomic mass is 19.4. The van der Waals surface area contributed by atoms with Crippen LogP contribution in [0.4, 0.5) is 13.2 Å². The number of rotatable bonds is 3. The maximum atomic E-state index is 12.9. The van der Waals surface area contributed by atoms with E-state index in [0.717, 1.165) is 18.3 Å². The molecule has 0 amide bonds. The minimum Gasteiger partial charge on any atom is -0.338 e. The molecule has 0 atom stereocenters. The van der Waals surface area contributed by atoms with Crippen molar-refractivity contribution in [3.05, 3.63) is 47.7 Å². The number of aryl methyl sites for hydroxylation is 1. The molecule has 0 aliphatic rings. The van der Waals surface area contributed by atoms with Gasteiger partial charge in [-0.2, -0.15) is 23.3 Å². The van der Waals surface area contributed by atoms with Gasteiger partial charge in [-0.1, -0.05) is 5.16 Å². The summed E-state index contributed by atoms with van der Waals surface area (Å²) in [7, 11) is 1.75. The van der Waals surface area contributed by atoms with Crippen molar-refractivity contribution >= 4 is 0 Å². The van der Waals surface area contributed by atoms with Gasteiger partial charge in [0.1, 0.15) is 5.69 Å². The number of aromatic nitrogens is 5. The molecule has 0 aliphatic carbocycles. The highest BCUT2D eigenvalue weighted by molar-refractivity contribution is 5.47. The molecule has 0 unspecified atom stereocenters. The second-order valence-electron chi connectivity index (χ2n) is 5.85. The molecule has 3 rings (SSSR count). The quantitative estimate of drug-likeness (QED) is 0.734. The number of pyridine rings is 1. The first-order chi connectivity index (χ1) is 11.2. The van der Waals surface area contributed by atoms with E-state index in [1.54, 1.807) is 37.8 Å². The third kappa shape index (κ3) is 2.89.